The van der Waals surface area contributed by atoms with Crippen LogP contribution in [-0.2, 0) is 5.41 Å². The second-order valence-corrected chi connectivity index (χ2v) is 7.40. The van der Waals surface area contributed by atoms with Crippen molar-refractivity contribution in [3.05, 3.63) is 29.8 Å². The highest BCUT2D eigenvalue weighted by Crippen LogP contribution is 2.26. The number of nitrogens with one attached hydrogen (secondary N) is 1. The van der Waals surface area contributed by atoms with E-state index in [0.29, 0.717) is 12.1 Å². The zero-order valence-electron chi connectivity index (χ0n) is 13.7. The van der Waals surface area contributed by atoms with Crippen LogP contribution in [0.4, 0.5) is 5.69 Å². The van der Waals surface area contributed by atoms with E-state index in [-0.39, 0.29) is 5.41 Å². The highest BCUT2D eigenvalue weighted by atomic mass is 15.2. The average Bonchev–Trinajstić information content (AvgIpc) is 2.37. The largest absolute Gasteiger partial charge is 0.370 e. The molecule has 0 radical (unpaired) electrons. The molecule has 112 valence electrons. The maximum atomic E-state index is 3.68. The van der Waals surface area contributed by atoms with E-state index in [9.17, 15) is 0 Å². The minimum absolute atomic E-state index is 0.238. The summed E-state index contributed by atoms with van der Waals surface area (Å²) in [6.07, 6.45) is 2.58. The molecule has 1 aliphatic heterocycles. The van der Waals surface area contributed by atoms with Gasteiger partial charge in [0.15, 0.2) is 0 Å². The first-order chi connectivity index (χ1) is 9.36. The molecule has 0 aliphatic carbocycles. The Morgan fingerprint density at radius 2 is 1.80 bits per heavy atom. The van der Waals surface area contributed by atoms with Gasteiger partial charge in [-0.05, 0) is 36.0 Å². The smallest absolute Gasteiger partial charge is 0.0366 e. The van der Waals surface area contributed by atoms with Gasteiger partial charge in [0, 0.05) is 30.9 Å². The molecular weight excluding hydrogens is 244 g/mol. The van der Waals surface area contributed by atoms with Crippen molar-refractivity contribution in [1.82, 2.24) is 5.32 Å². The first-order valence-corrected chi connectivity index (χ1v) is 7.98. The molecule has 1 atom stereocenters. The topological polar surface area (TPSA) is 15.3 Å². The van der Waals surface area contributed by atoms with Crippen molar-refractivity contribution in [3.8, 4) is 0 Å². The van der Waals surface area contributed by atoms with Crippen molar-refractivity contribution in [1.29, 1.82) is 0 Å². The lowest BCUT2D eigenvalue weighted by Gasteiger charge is -2.36. The number of piperidine rings is 1. The monoisotopic (exact) mass is 274 g/mol. The van der Waals surface area contributed by atoms with Crippen molar-refractivity contribution in [3.63, 3.8) is 0 Å². The molecule has 1 aromatic carbocycles. The van der Waals surface area contributed by atoms with Crippen LogP contribution in [0.25, 0.3) is 0 Å². The van der Waals surface area contributed by atoms with Crippen LogP contribution < -0.4 is 10.2 Å². The molecule has 0 spiro atoms. The summed E-state index contributed by atoms with van der Waals surface area (Å²) in [5.74, 6) is 0. The van der Waals surface area contributed by atoms with Gasteiger partial charge in [0.25, 0.3) is 0 Å². The molecule has 1 heterocycles. The van der Waals surface area contributed by atoms with E-state index in [1.807, 2.05) is 0 Å². The van der Waals surface area contributed by atoms with Crippen LogP contribution in [0, 0.1) is 0 Å². The van der Waals surface area contributed by atoms with Crippen LogP contribution in [-0.4, -0.2) is 25.2 Å². The van der Waals surface area contributed by atoms with Gasteiger partial charge in [-0.25, -0.2) is 0 Å². The Kier molecular flexibility index (Phi) is 4.74. The molecule has 2 heteroatoms. The molecule has 1 saturated heterocycles. The lowest BCUT2D eigenvalue weighted by atomic mass is 9.87. The third-order valence-corrected chi connectivity index (χ3v) is 4.09. The molecule has 1 unspecified atom stereocenters. The van der Waals surface area contributed by atoms with Gasteiger partial charge in [0.05, 0.1) is 0 Å². The molecule has 2 rings (SSSR count). The number of anilines is 1. The van der Waals surface area contributed by atoms with Gasteiger partial charge in [0.2, 0.25) is 0 Å². The minimum atomic E-state index is 0.238. The van der Waals surface area contributed by atoms with E-state index in [4.69, 9.17) is 0 Å². The van der Waals surface area contributed by atoms with Gasteiger partial charge < -0.3 is 10.2 Å². The van der Waals surface area contributed by atoms with E-state index in [1.165, 1.54) is 30.6 Å². The summed E-state index contributed by atoms with van der Waals surface area (Å²) in [6, 6.07) is 10.4. The standard InChI is InChI=1S/C18H30N2/c1-14(2)19-16-7-6-12-20(13-16)17-10-8-15(9-11-17)18(3,4)5/h8-11,14,16,19H,6-7,12-13H2,1-5H3. The Bertz CT molecular complexity index is 414. The summed E-state index contributed by atoms with van der Waals surface area (Å²) in [4.78, 5) is 2.52. The second kappa shape index (κ2) is 6.17. The molecule has 0 amide bonds. The third-order valence-electron chi connectivity index (χ3n) is 4.09. The number of benzene rings is 1. The molecule has 1 aromatic rings. The number of hydrogen-bond donors (Lipinski definition) is 1. The van der Waals surface area contributed by atoms with Gasteiger partial charge in [-0.3, -0.25) is 0 Å². The van der Waals surface area contributed by atoms with Crippen LogP contribution in [0.5, 0.6) is 0 Å². The van der Waals surface area contributed by atoms with Gasteiger partial charge in [-0.15, -0.1) is 0 Å². The molecule has 0 bridgehead atoms. The number of nitrogens with zero attached hydrogens (tertiary/aromatic N) is 1. The van der Waals surface area contributed by atoms with Gasteiger partial charge in [-0.2, -0.15) is 0 Å². The zero-order valence-corrected chi connectivity index (χ0v) is 13.7. The van der Waals surface area contributed by atoms with E-state index >= 15 is 0 Å². The van der Waals surface area contributed by atoms with Crippen LogP contribution in [0.2, 0.25) is 0 Å². The summed E-state index contributed by atoms with van der Waals surface area (Å²) < 4.78 is 0. The quantitative estimate of drug-likeness (QED) is 0.898. The molecule has 1 fully saturated rings. The lowest BCUT2D eigenvalue weighted by molar-refractivity contribution is 0.394. The SMILES string of the molecule is CC(C)NC1CCCN(c2ccc(C(C)(C)C)cc2)C1. The fourth-order valence-electron chi connectivity index (χ4n) is 2.99. The number of hydrogen-bond acceptors (Lipinski definition) is 2. The molecular formula is C18H30N2. The molecule has 0 aromatic heterocycles. The summed E-state index contributed by atoms with van der Waals surface area (Å²) in [7, 11) is 0. The Morgan fingerprint density at radius 1 is 1.15 bits per heavy atom. The van der Waals surface area contributed by atoms with Gasteiger partial charge in [-0.1, -0.05) is 46.8 Å². The summed E-state index contributed by atoms with van der Waals surface area (Å²) in [5, 5.41) is 3.68. The number of rotatable bonds is 3. The van der Waals surface area contributed by atoms with Crippen molar-refractivity contribution < 1.29 is 0 Å². The maximum absolute atomic E-state index is 3.68. The fourth-order valence-corrected chi connectivity index (χ4v) is 2.99. The molecule has 2 nitrogen and oxygen atoms in total. The first-order valence-electron chi connectivity index (χ1n) is 7.98. The van der Waals surface area contributed by atoms with Gasteiger partial charge >= 0.3 is 0 Å². The molecule has 1 aliphatic rings. The van der Waals surface area contributed by atoms with E-state index in [1.54, 1.807) is 0 Å². The molecule has 1 N–H and O–H groups in total. The molecule has 20 heavy (non-hydrogen) atoms. The van der Waals surface area contributed by atoms with E-state index < -0.39 is 0 Å². The Balaban J connectivity index is 2.04. The van der Waals surface area contributed by atoms with Crippen LogP contribution in [0.15, 0.2) is 24.3 Å². The van der Waals surface area contributed by atoms with E-state index in [2.05, 4.69) is 69.1 Å². The van der Waals surface area contributed by atoms with E-state index in [0.717, 1.165) is 6.54 Å². The maximum Gasteiger partial charge on any atom is 0.0366 e. The second-order valence-electron chi connectivity index (χ2n) is 7.40. The van der Waals surface area contributed by atoms with Crippen LogP contribution >= 0.6 is 0 Å². The molecule has 0 saturated carbocycles. The van der Waals surface area contributed by atoms with Crippen LogP contribution in [0.1, 0.15) is 53.0 Å². The van der Waals surface area contributed by atoms with Gasteiger partial charge in [0.1, 0.15) is 0 Å². The van der Waals surface area contributed by atoms with Crippen molar-refractivity contribution in [2.75, 3.05) is 18.0 Å². The zero-order chi connectivity index (χ0) is 14.8. The first kappa shape index (κ1) is 15.4. The Morgan fingerprint density at radius 3 is 2.35 bits per heavy atom. The average molecular weight is 274 g/mol. The predicted molar refractivity (Wildman–Crippen MR) is 88.6 cm³/mol. The van der Waals surface area contributed by atoms with Crippen LogP contribution in [0.3, 0.4) is 0 Å². The lowest BCUT2D eigenvalue weighted by Crippen LogP contribution is -2.47. The van der Waals surface area contributed by atoms with Crippen molar-refractivity contribution in [2.45, 2.75) is 65.0 Å². The highest BCUT2D eigenvalue weighted by Gasteiger charge is 2.21. The highest BCUT2D eigenvalue weighted by molar-refractivity contribution is 5.49. The fraction of sp³-hybridized carbons (Fsp3) is 0.667. The van der Waals surface area contributed by atoms with Crippen molar-refractivity contribution >= 4 is 5.69 Å². The summed E-state index contributed by atoms with van der Waals surface area (Å²) in [5.41, 5.74) is 3.02. The Hall–Kier alpha value is -1.02. The Labute approximate surface area is 124 Å². The summed E-state index contributed by atoms with van der Waals surface area (Å²) in [6.45, 7) is 13.6. The predicted octanol–water partition coefficient (Wildman–Crippen LogP) is 3.95. The summed E-state index contributed by atoms with van der Waals surface area (Å²) >= 11 is 0. The third kappa shape index (κ3) is 3.99. The normalized spacial score (nSPS) is 20.5. The minimum Gasteiger partial charge on any atom is -0.370 e. The van der Waals surface area contributed by atoms with Crippen molar-refractivity contribution in [2.24, 2.45) is 0 Å².